The highest BCUT2D eigenvalue weighted by Crippen LogP contribution is 2.22. The summed E-state index contributed by atoms with van der Waals surface area (Å²) in [6.45, 7) is 0. The third-order valence-electron chi connectivity index (χ3n) is 2.53. The molecule has 1 N–H and O–H groups in total. The Morgan fingerprint density at radius 2 is 2.00 bits per heavy atom. The van der Waals surface area contributed by atoms with Crippen molar-refractivity contribution in [3.05, 3.63) is 63.9 Å². The summed E-state index contributed by atoms with van der Waals surface area (Å²) in [5.74, 6) is -1.05. The molecule has 0 aliphatic rings. The van der Waals surface area contributed by atoms with Crippen LogP contribution in [0.15, 0.2) is 41.1 Å². The highest BCUT2D eigenvalue weighted by atomic mass is 79.9. The number of aromatic nitrogens is 1. The minimum atomic E-state index is -0.925. The van der Waals surface area contributed by atoms with Crippen LogP contribution in [-0.2, 0) is 6.42 Å². The molecule has 0 saturated carbocycles. The van der Waals surface area contributed by atoms with E-state index in [1.807, 2.05) is 0 Å². The summed E-state index contributed by atoms with van der Waals surface area (Å²) in [7, 11) is 0. The molecule has 2 rings (SSSR count). The SMILES string of the molecule is OC(Cc1cc(F)ccc1F)c1cncc(Br)c1. The van der Waals surface area contributed by atoms with Crippen LogP contribution in [0.25, 0.3) is 0 Å². The van der Waals surface area contributed by atoms with Crippen molar-refractivity contribution in [3.63, 3.8) is 0 Å². The lowest BCUT2D eigenvalue weighted by Crippen LogP contribution is -2.04. The number of rotatable bonds is 3. The van der Waals surface area contributed by atoms with E-state index in [0.717, 1.165) is 22.7 Å². The highest BCUT2D eigenvalue weighted by molar-refractivity contribution is 9.10. The fourth-order valence-corrected chi connectivity index (χ4v) is 2.02. The third-order valence-corrected chi connectivity index (χ3v) is 2.97. The molecule has 0 radical (unpaired) electrons. The quantitative estimate of drug-likeness (QED) is 0.942. The largest absolute Gasteiger partial charge is 0.388 e. The van der Waals surface area contributed by atoms with Gasteiger partial charge in [0, 0.05) is 28.9 Å². The molecule has 2 nitrogen and oxygen atoms in total. The van der Waals surface area contributed by atoms with Crippen LogP contribution in [0.2, 0.25) is 0 Å². The van der Waals surface area contributed by atoms with Gasteiger partial charge in [-0.2, -0.15) is 0 Å². The molecule has 94 valence electrons. The molecule has 18 heavy (non-hydrogen) atoms. The maximum atomic E-state index is 13.4. The number of aliphatic hydroxyl groups excluding tert-OH is 1. The van der Waals surface area contributed by atoms with Crippen molar-refractivity contribution in [1.29, 1.82) is 0 Å². The Morgan fingerprint density at radius 1 is 1.22 bits per heavy atom. The zero-order chi connectivity index (χ0) is 13.1. The number of hydrogen-bond donors (Lipinski definition) is 1. The van der Waals surface area contributed by atoms with Gasteiger partial charge >= 0.3 is 0 Å². The van der Waals surface area contributed by atoms with Crippen molar-refractivity contribution >= 4 is 15.9 Å². The van der Waals surface area contributed by atoms with Gasteiger partial charge in [0.2, 0.25) is 0 Å². The fraction of sp³-hybridized carbons (Fsp3) is 0.154. The summed E-state index contributed by atoms with van der Waals surface area (Å²) in [6, 6.07) is 4.88. The number of halogens is 3. The lowest BCUT2D eigenvalue weighted by molar-refractivity contribution is 0.176. The van der Waals surface area contributed by atoms with E-state index in [9.17, 15) is 13.9 Å². The van der Waals surface area contributed by atoms with Gasteiger partial charge in [0.05, 0.1) is 6.10 Å². The summed E-state index contributed by atoms with van der Waals surface area (Å²) in [5.41, 5.74) is 0.690. The van der Waals surface area contributed by atoms with Gasteiger partial charge in [-0.25, -0.2) is 8.78 Å². The Morgan fingerprint density at radius 3 is 2.72 bits per heavy atom. The molecule has 0 fully saturated rings. The van der Waals surface area contributed by atoms with E-state index in [1.165, 1.54) is 6.20 Å². The summed E-state index contributed by atoms with van der Waals surface area (Å²) in [6.07, 6.45) is 2.15. The van der Waals surface area contributed by atoms with Gasteiger partial charge in [-0.15, -0.1) is 0 Å². The minimum Gasteiger partial charge on any atom is -0.388 e. The number of nitrogens with zero attached hydrogens (tertiary/aromatic N) is 1. The first-order valence-electron chi connectivity index (χ1n) is 5.28. The van der Waals surface area contributed by atoms with Gasteiger partial charge in [0.1, 0.15) is 11.6 Å². The molecule has 1 aromatic carbocycles. The highest BCUT2D eigenvalue weighted by Gasteiger charge is 2.13. The summed E-state index contributed by atoms with van der Waals surface area (Å²) in [4.78, 5) is 3.91. The molecular weight excluding hydrogens is 304 g/mol. The molecular formula is C13H10BrF2NO. The molecule has 1 atom stereocenters. The van der Waals surface area contributed by atoms with Crippen molar-refractivity contribution in [3.8, 4) is 0 Å². The summed E-state index contributed by atoms with van der Waals surface area (Å²) >= 11 is 3.23. The Hall–Kier alpha value is -1.33. The van der Waals surface area contributed by atoms with E-state index in [4.69, 9.17) is 0 Å². The number of pyridine rings is 1. The van der Waals surface area contributed by atoms with Crippen LogP contribution in [0.1, 0.15) is 17.2 Å². The van der Waals surface area contributed by atoms with Crippen molar-refractivity contribution in [1.82, 2.24) is 4.98 Å². The number of benzene rings is 1. The van der Waals surface area contributed by atoms with Crippen LogP contribution in [0.4, 0.5) is 8.78 Å². The monoisotopic (exact) mass is 313 g/mol. The van der Waals surface area contributed by atoms with E-state index in [0.29, 0.717) is 5.56 Å². The van der Waals surface area contributed by atoms with Crippen LogP contribution >= 0.6 is 15.9 Å². The second-order valence-corrected chi connectivity index (χ2v) is 4.81. The lowest BCUT2D eigenvalue weighted by atomic mass is 10.0. The first-order valence-corrected chi connectivity index (χ1v) is 6.08. The Bertz CT molecular complexity index is 562. The van der Waals surface area contributed by atoms with Crippen molar-refractivity contribution in [2.45, 2.75) is 12.5 Å². The van der Waals surface area contributed by atoms with Crippen LogP contribution in [0.5, 0.6) is 0 Å². The minimum absolute atomic E-state index is 0.00171. The molecule has 1 unspecified atom stereocenters. The van der Waals surface area contributed by atoms with E-state index < -0.39 is 17.7 Å². The van der Waals surface area contributed by atoms with Crippen LogP contribution in [0.3, 0.4) is 0 Å². The van der Waals surface area contributed by atoms with Crippen molar-refractivity contribution in [2.75, 3.05) is 0 Å². The summed E-state index contributed by atoms with van der Waals surface area (Å²) in [5, 5.41) is 9.96. The van der Waals surface area contributed by atoms with Crippen LogP contribution in [0, 0.1) is 11.6 Å². The molecule has 1 aromatic heterocycles. The van der Waals surface area contributed by atoms with E-state index in [2.05, 4.69) is 20.9 Å². The standard InChI is InChI=1S/C13H10BrF2NO/c14-10-3-9(6-17-7-10)13(18)5-8-4-11(15)1-2-12(8)16/h1-4,6-7,13,18H,5H2. The molecule has 5 heteroatoms. The average molecular weight is 314 g/mol. The van der Waals surface area contributed by atoms with Crippen molar-refractivity contribution < 1.29 is 13.9 Å². The maximum Gasteiger partial charge on any atom is 0.126 e. The Kier molecular flexibility index (Phi) is 4.04. The Labute approximate surface area is 111 Å². The summed E-state index contributed by atoms with van der Waals surface area (Å²) < 4.78 is 27.1. The smallest absolute Gasteiger partial charge is 0.126 e. The van der Waals surface area contributed by atoms with Gasteiger partial charge in [-0.3, -0.25) is 4.98 Å². The first kappa shape index (κ1) is 13.1. The molecule has 0 amide bonds. The molecule has 0 aliphatic heterocycles. The van der Waals surface area contributed by atoms with E-state index in [-0.39, 0.29) is 12.0 Å². The molecule has 2 aromatic rings. The van der Waals surface area contributed by atoms with Crippen molar-refractivity contribution in [2.24, 2.45) is 0 Å². The van der Waals surface area contributed by atoms with Crippen LogP contribution in [-0.4, -0.2) is 10.1 Å². The second kappa shape index (κ2) is 5.54. The lowest BCUT2D eigenvalue weighted by Gasteiger charge is -2.11. The molecule has 1 heterocycles. The number of hydrogen-bond acceptors (Lipinski definition) is 2. The van der Waals surface area contributed by atoms with Crippen LogP contribution < -0.4 is 0 Å². The zero-order valence-corrected chi connectivity index (χ0v) is 10.9. The molecule has 0 bridgehead atoms. The molecule has 0 aliphatic carbocycles. The van der Waals surface area contributed by atoms with E-state index >= 15 is 0 Å². The number of aliphatic hydroxyl groups is 1. The average Bonchev–Trinajstić information content (AvgIpc) is 2.34. The van der Waals surface area contributed by atoms with E-state index in [1.54, 1.807) is 12.3 Å². The molecule has 0 spiro atoms. The Balaban J connectivity index is 2.21. The van der Waals surface area contributed by atoms with Gasteiger partial charge in [0.25, 0.3) is 0 Å². The zero-order valence-electron chi connectivity index (χ0n) is 9.28. The molecule has 0 saturated heterocycles. The fourth-order valence-electron chi connectivity index (χ4n) is 1.64. The predicted octanol–water partition coefficient (Wildman–Crippen LogP) is 3.40. The first-order chi connectivity index (χ1) is 8.56. The maximum absolute atomic E-state index is 13.4. The second-order valence-electron chi connectivity index (χ2n) is 3.89. The van der Waals surface area contributed by atoms with Gasteiger partial charge in [-0.1, -0.05) is 0 Å². The van der Waals surface area contributed by atoms with Gasteiger partial charge in [0.15, 0.2) is 0 Å². The van der Waals surface area contributed by atoms with Gasteiger partial charge < -0.3 is 5.11 Å². The predicted molar refractivity (Wildman–Crippen MR) is 67.0 cm³/mol. The third kappa shape index (κ3) is 3.11. The normalized spacial score (nSPS) is 12.4. The topological polar surface area (TPSA) is 33.1 Å². The van der Waals surface area contributed by atoms with Gasteiger partial charge in [-0.05, 0) is 45.8 Å².